The summed E-state index contributed by atoms with van der Waals surface area (Å²) in [6, 6.07) is 0. The molecule has 0 aromatic carbocycles. The average molecular weight is 210 g/mol. The summed E-state index contributed by atoms with van der Waals surface area (Å²) in [6.45, 7) is 0. The van der Waals surface area contributed by atoms with E-state index >= 15 is 0 Å². The van der Waals surface area contributed by atoms with E-state index in [1.54, 1.807) is 7.05 Å². The molecule has 0 heterocycles. The lowest BCUT2D eigenvalue weighted by atomic mass is 10.0. The highest BCUT2D eigenvalue weighted by Crippen LogP contribution is 2.11. The van der Waals surface area contributed by atoms with Crippen LogP contribution in [0.2, 0.25) is 0 Å². The maximum Gasteiger partial charge on any atom is 0.253 e. The molecule has 76 valence electrons. The van der Waals surface area contributed by atoms with E-state index in [4.69, 9.17) is 0 Å². The van der Waals surface area contributed by atoms with Gasteiger partial charge in [-0.05, 0) is 19.1 Å². The van der Waals surface area contributed by atoms with Crippen molar-refractivity contribution >= 4 is 22.8 Å². The minimum Gasteiger partial charge on any atom is -0.302 e. The van der Waals surface area contributed by atoms with E-state index < -0.39 is 0 Å². The molecule has 0 bridgehead atoms. The lowest BCUT2D eigenvalue weighted by Crippen LogP contribution is -2.29. The highest BCUT2D eigenvalue weighted by atomic mass is 32.2. The first kappa shape index (κ1) is 11.0. The second-order valence-electron chi connectivity index (χ2n) is 2.85. The molecule has 0 spiro atoms. The van der Waals surface area contributed by atoms with Gasteiger partial charge in [-0.2, -0.15) is 0 Å². The molecule has 0 radical (unpaired) electrons. The molecule has 0 unspecified atom stereocenters. The molecular formula is C10H14N2OS. The van der Waals surface area contributed by atoms with Crippen LogP contribution in [0.1, 0.15) is 12.8 Å². The molecule has 1 amide bonds. The normalized spacial score (nSPS) is 16.4. The number of amides is 1. The number of hydrogen-bond donors (Lipinski definition) is 1. The lowest BCUT2D eigenvalue weighted by molar-refractivity contribution is -0.116. The van der Waals surface area contributed by atoms with Crippen LogP contribution < -0.4 is 5.32 Å². The molecule has 1 aliphatic carbocycles. The number of carbonyl (C=O) groups is 1. The summed E-state index contributed by atoms with van der Waals surface area (Å²) in [5.74, 6) is -0.0377. The van der Waals surface area contributed by atoms with Crippen molar-refractivity contribution in [3.8, 4) is 0 Å². The molecule has 0 saturated carbocycles. The lowest BCUT2D eigenvalue weighted by Gasteiger charge is -2.09. The van der Waals surface area contributed by atoms with Crippen molar-refractivity contribution in [3.05, 3.63) is 23.8 Å². The largest absolute Gasteiger partial charge is 0.302 e. The average Bonchev–Trinajstić information content (AvgIpc) is 2.26. The summed E-state index contributed by atoms with van der Waals surface area (Å²) >= 11 is 1.44. The molecule has 0 aliphatic heterocycles. The highest BCUT2D eigenvalue weighted by molar-refractivity contribution is 8.13. The maximum absolute atomic E-state index is 11.6. The maximum atomic E-state index is 11.6. The van der Waals surface area contributed by atoms with E-state index in [0.29, 0.717) is 5.17 Å². The molecule has 0 aromatic heterocycles. The van der Waals surface area contributed by atoms with Crippen LogP contribution in [-0.4, -0.2) is 24.4 Å². The van der Waals surface area contributed by atoms with Crippen LogP contribution in [0.5, 0.6) is 0 Å². The third-order valence-corrected chi connectivity index (χ3v) is 2.59. The van der Waals surface area contributed by atoms with Crippen molar-refractivity contribution in [2.75, 3.05) is 13.3 Å². The van der Waals surface area contributed by atoms with Gasteiger partial charge in [0.05, 0.1) is 0 Å². The third kappa shape index (κ3) is 3.03. The Hall–Kier alpha value is -1.03. The second kappa shape index (κ2) is 5.65. The van der Waals surface area contributed by atoms with E-state index in [9.17, 15) is 4.79 Å². The van der Waals surface area contributed by atoms with Gasteiger partial charge in [-0.15, -0.1) is 0 Å². The number of rotatable bonds is 1. The van der Waals surface area contributed by atoms with Gasteiger partial charge in [0.1, 0.15) is 0 Å². The van der Waals surface area contributed by atoms with Gasteiger partial charge in [-0.3, -0.25) is 9.79 Å². The van der Waals surface area contributed by atoms with E-state index in [1.165, 1.54) is 11.8 Å². The quantitative estimate of drug-likeness (QED) is 0.529. The Kier molecular flexibility index (Phi) is 4.46. The number of nitrogens with one attached hydrogen (secondary N) is 1. The number of amidine groups is 1. The Morgan fingerprint density at radius 3 is 2.93 bits per heavy atom. The summed E-state index contributed by atoms with van der Waals surface area (Å²) in [5.41, 5.74) is 0.822. The number of aliphatic imine (C=N–C) groups is 1. The highest BCUT2D eigenvalue weighted by Gasteiger charge is 2.11. The van der Waals surface area contributed by atoms with E-state index in [0.717, 1.165) is 18.4 Å². The number of carbonyl (C=O) groups excluding carboxylic acids is 1. The van der Waals surface area contributed by atoms with Gasteiger partial charge in [0.15, 0.2) is 5.17 Å². The van der Waals surface area contributed by atoms with E-state index in [2.05, 4.69) is 16.4 Å². The van der Waals surface area contributed by atoms with Crippen molar-refractivity contribution in [3.63, 3.8) is 0 Å². The van der Waals surface area contributed by atoms with Gasteiger partial charge in [-0.25, -0.2) is 0 Å². The smallest absolute Gasteiger partial charge is 0.253 e. The molecule has 0 saturated heterocycles. The van der Waals surface area contributed by atoms with Crippen LogP contribution >= 0.6 is 11.8 Å². The zero-order valence-electron chi connectivity index (χ0n) is 8.41. The Labute approximate surface area is 88.4 Å². The van der Waals surface area contributed by atoms with Crippen LogP contribution in [0.3, 0.4) is 0 Å². The zero-order chi connectivity index (χ0) is 10.4. The fourth-order valence-corrected chi connectivity index (χ4v) is 1.54. The first-order valence-corrected chi connectivity index (χ1v) is 5.68. The Bertz CT molecular complexity index is 305. The zero-order valence-corrected chi connectivity index (χ0v) is 9.23. The number of hydrogen-bond acceptors (Lipinski definition) is 3. The minimum absolute atomic E-state index is 0.0377. The Morgan fingerprint density at radius 2 is 2.43 bits per heavy atom. The van der Waals surface area contributed by atoms with Crippen molar-refractivity contribution in [2.24, 2.45) is 4.99 Å². The van der Waals surface area contributed by atoms with Crippen molar-refractivity contribution in [1.82, 2.24) is 5.32 Å². The summed E-state index contributed by atoms with van der Waals surface area (Å²) in [4.78, 5) is 15.6. The van der Waals surface area contributed by atoms with Gasteiger partial charge < -0.3 is 5.32 Å². The summed E-state index contributed by atoms with van der Waals surface area (Å²) < 4.78 is 0. The van der Waals surface area contributed by atoms with Crippen molar-refractivity contribution in [2.45, 2.75) is 12.8 Å². The molecule has 0 aromatic rings. The summed E-state index contributed by atoms with van der Waals surface area (Å²) in [6.07, 6.45) is 9.47. The number of nitrogens with zero attached hydrogens (tertiary/aromatic N) is 1. The molecular weight excluding hydrogens is 196 g/mol. The summed E-state index contributed by atoms with van der Waals surface area (Å²) in [5, 5.41) is 3.42. The Morgan fingerprint density at radius 1 is 1.64 bits per heavy atom. The van der Waals surface area contributed by atoms with Crippen molar-refractivity contribution < 1.29 is 4.79 Å². The Balaban J connectivity index is 2.57. The predicted octanol–water partition coefficient (Wildman–Crippen LogP) is 1.73. The fourth-order valence-electron chi connectivity index (χ4n) is 1.17. The number of allylic oxidation sites excluding steroid dienone is 3. The standard InChI is InChI=1S/C10H14N2OS/c1-11-10(14-2)12-9(13)8-6-4-3-5-7-8/h3-4,6H,5,7H2,1-2H3,(H,11,12,13). The topological polar surface area (TPSA) is 41.5 Å². The molecule has 1 rings (SSSR count). The molecule has 3 nitrogen and oxygen atoms in total. The van der Waals surface area contributed by atoms with E-state index in [-0.39, 0.29) is 5.91 Å². The van der Waals surface area contributed by atoms with Gasteiger partial charge in [0.25, 0.3) is 5.91 Å². The van der Waals surface area contributed by atoms with Crippen molar-refractivity contribution in [1.29, 1.82) is 0 Å². The van der Waals surface area contributed by atoms with Gasteiger partial charge >= 0.3 is 0 Å². The molecule has 14 heavy (non-hydrogen) atoms. The van der Waals surface area contributed by atoms with Gasteiger partial charge in [0.2, 0.25) is 0 Å². The molecule has 1 N–H and O–H groups in total. The summed E-state index contributed by atoms with van der Waals surface area (Å²) in [7, 11) is 1.67. The monoisotopic (exact) mass is 210 g/mol. The second-order valence-corrected chi connectivity index (χ2v) is 3.64. The van der Waals surface area contributed by atoms with Crippen LogP contribution in [-0.2, 0) is 4.79 Å². The van der Waals surface area contributed by atoms with Crippen LogP contribution in [0.15, 0.2) is 28.8 Å². The van der Waals surface area contributed by atoms with E-state index in [1.807, 2.05) is 18.4 Å². The predicted molar refractivity (Wildman–Crippen MR) is 61.5 cm³/mol. The first-order chi connectivity index (χ1) is 6.77. The number of thioether (sulfide) groups is 1. The van der Waals surface area contributed by atoms with Gasteiger partial charge in [0, 0.05) is 12.6 Å². The fraction of sp³-hybridized carbons (Fsp3) is 0.400. The van der Waals surface area contributed by atoms with Crippen LogP contribution in [0.25, 0.3) is 0 Å². The van der Waals surface area contributed by atoms with Crippen LogP contribution in [0, 0.1) is 0 Å². The SMILES string of the molecule is CN=C(NC(=O)C1=CC=CCC1)SC. The molecule has 0 atom stereocenters. The third-order valence-electron chi connectivity index (χ3n) is 1.92. The van der Waals surface area contributed by atoms with Crippen LogP contribution in [0.4, 0.5) is 0 Å². The molecule has 0 fully saturated rings. The first-order valence-electron chi connectivity index (χ1n) is 4.45. The molecule has 1 aliphatic rings. The minimum atomic E-state index is -0.0377. The molecule has 4 heteroatoms. The van der Waals surface area contributed by atoms with Gasteiger partial charge in [-0.1, -0.05) is 30.0 Å².